The fourth-order valence-electron chi connectivity index (χ4n) is 2.38. The summed E-state index contributed by atoms with van der Waals surface area (Å²) < 4.78 is 0. The van der Waals surface area contributed by atoms with Gasteiger partial charge in [0.25, 0.3) is 0 Å². The number of anilines is 1. The molecule has 1 aliphatic rings. The van der Waals surface area contributed by atoms with Crippen LogP contribution in [0.4, 0.5) is 5.69 Å². The number of nitrogens with two attached hydrogens (primary N) is 1. The maximum atomic E-state index is 6.18. The van der Waals surface area contributed by atoms with Gasteiger partial charge in [-0.3, -0.25) is 4.98 Å². The van der Waals surface area contributed by atoms with Gasteiger partial charge in [0.1, 0.15) is 0 Å². The van der Waals surface area contributed by atoms with Crippen molar-refractivity contribution >= 4 is 28.2 Å². The lowest BCUT2D eigenvalue weighted by molar-refractivity contribution is 0.752. The predicted octanol–water partition coefficient (Wildman–Crippen LogP) is 2.43. The van der Waals surface area contributed by atoms with E-state index in [9.17, 15) is 0 Å². The average molecular weight is 248 g/mol. The van der Waals surface area contributed by atoms with Gasteiger partial charge < -0.3 is 10.6 Å². The number of aromatic nitrogens is 1. The van der Waals surface area contributed by atoms with Crippen LogP contribution in [0.1, 0.15) is 6.42 Å². The summed E-state index contributed by atoms with van der Waals surface area (Å²) in [5.74, 6) is 0. The van der Waals surface area contributed by atoms with Crippen LogP contribution < -0.4 is 10.6 Å². The monoisotopic (exact) mass is 247 g/mol. The molecule has 1 fully saturated rings. The van der Waals surface area contributed by atoms with Crippen LogP contribution in [-0.2, 0) is 0 Å². The first-order valence-corrected chi connectivity index (χ1v) is 6.17. The minimum atomic E-state index is 0.268. The maximum Gasteiger partial charge on any atom is 0.0950 e. The number of nitrogens with zero attached hydrogens (tertiary/aromatic N) is 2. The van der Waals surface area contributed by atoms with Crippen LogP contribution in [-0.4, -0.2) is 24.1 Å². The van der Waals surface area contributed by atoms with Crippen LogP contribution in [0.3, 0.4) is 0 Å². The molecular weight excluding hydrogens is 234 g/mol. The summed E-state index contributed by atoms with van der Waals surface area (Å²) in [6.45, 7) is 1.89. The second kappa shape index (κ2) is 4.17. The van der Waals surface area contributed by atoms with E-state index in [1.807, 2.05) is 24.3 Å². The van der Waals surface area contributed by atoms with Gasteiger partial charge in [0.2, 0.25) is 0 Å². The summed E-state index contributed by atoms with van der Waals surface area (Å²) >= 11 is 6.18. The highest BCUT2D eigenvalue weighted by Crippen LogP contribution is 2.31. The summed E-state index contributed by atoms with van der Waals surface area (Å²) in [4.78, 5) is 6.73. The summed E-state index contributed by atoms with van der Waals surface area (Å²) in [6, 6.07) is 8.16. The van der Waals surface area contributed by atoms with Crippen molar-refractivity contribution in [2.24, 2.45) is 5.73 Å². The molecule has 0 aliphatic carbocycles. The SMILES string of the molecule is NC1CCN(c2ccc(Cl)c3cccnc23)C1. The maximum absolute atomic E-state index is 6.18. The number of hydrogen-bond acceptors (Lipinski definition) is 3. The molecule has 0 saturated carbocycles. The molecule has 3 nitrogen and oxygen atoms in total. The van der Waals surface area contributed by atoms with Crippen molar-refractivity contribution in [2.75, 3.05) is 18.0 Å². The van der Waals surface area contributed by atoms with Gasteiger partial charge in [-0.1, -0.05) is 11.6 Å². The zero-order valence-corrected chi connectivity index (χ0v) is 10.2. The van der Waals surface area contributed by atoms with Gasteiger partial charge in [0.05, 0.1) is 16.2 Å². The average Bonchev–Trinajstić information content (AvgIpc) is 2.77. The summed E-state index contributed by atoms with van der Waals surface area (Å²) in [7, 11) is 0. The Morgan fingerprint density at radius 1 is 1.35 bits per heavy atom. The van der Waals surface area contributed by atoms with Crippen LogP contribution in [0, 0.1) is 0 Å². The van der Waals surface area contributed by atoms with Gasteiger partial charge in [0.15, 0.2) is 0 Å². The molecular formula is C13H14ClN3. The van der Waals surface area contributed by atoms with E-state index in [0.29, 0.717) is 0 Å². The van der Waals surface area contributed by atoms with Crippen LogP contribution in [0.5, 0.6) is 0 Å². The first-order chi connectivity index (χ1) is 8.25. The van der Waals surface area contributed by atoms with E-state index in [0.717, 1.165) is 41.1 Å². The molecule has 2 N–H and O–H groups in total. The first kappa shape index (κ1) is 10.8. The van der Waals surface area contributed by atoms with E-state index in [1.54, 1.807) is 6.20 Å². The molecule has 1 aromatic carbocycles. The van der Waals surface area contributed by atoms with Crippen LogP contribution in [0.15, 0.2) is 30.5 Å². The van der Waals surface area contributed by atoms with Crippen LogP contribution in [0.25, 0.3) is 10.9 Å². The third kappa shape index (κ3) is 1.85. The zero-order valence-electron chi connectivity index (χ0n) is 9.44. The number of rotatable bonds is 1. The number of hydrogen-bond donors (Lipinski definition) is 1. The Balaban J connectivity index is 2.14. The largest absolute Gasteiger partial charge is 0.368 e. The molecule has 0 radical (unpaired) electrons. The molecule has 0 bridgehead atoms. The Morgan fingerprint density at radius 2 is 2.24 bits per heavy atom. The highest BCUT2D eigenvalue weighted by atomic mass is 35.5. The van der Waals surface area contributed by atoms with Gasteiger partial charge in [-0.2, -0.15) is 0 Å². The molecule has 2 aromatic rings. The number of pyridine rings is 1. The van der Waals surface area contributed by atoms with Crippen molar-refractivity contribution in [3.63, 3.8) is 0 Å². The molecule has 2 heterocycles. The topological polar surface area (TPSA) is 42.1 Å². The standard InChI is InChI=1S/C13H14ClN3/c14-11-3-4-12(17-7-5-9(15)8-17)13-10(11)2-1-6-16-13/h1-4,6,9H,5,7-8,15H2. The summed E-state index contributed by atoms with van der Waals surface area (Å²) in [5.41, 5.74) is 8.05. The Bertz CT molecular complexity index is 555. The molecule has 0 amide bonds. The molecule has 17 heavy (non-hydrogen) atoms. The lowest BCUT2D eigenvalue weighted by atomic mass is 10.2. The van der Waals surface area contributed by atoms with E-state index in [2.05, 4.69) is 9.88 Å². The van der Waals surface area contributed by atoms with Crippen molar-refractivity contribution in [1.82, 2.24) is 4.98 Å². The van der Waals surface area contributed by atoms with E-state index < -0.39 is 0 Å². The molecule has 0 spiro atoms. The third-order valence-corrected chi connectivity index (χ3v) is 3.59. The Labute approximate surface area is 105 Å². The first-order valence-electron chi connectivity index (χ1n) is 5.79. The lowest BCUT2D eigenvalue weighted by Crippen LogP contribution is -2.26. The zero-order chi connectivity index (χ0) is 11.8. The highest BCUT2D eigenvalue weighted by Gasteiger charge is 2.21. The van der Waals surface area contributed by atoms with Gasteiger partial charge in [0, 0.05) is 30.7 Å². The minimum absolute atomic E-state index is 0.268. The summed E-state index contributed by atoms with van der Waals surface area (Å²) in [5, 5.41) is 1.76. The Hall–Kier alpha value is -1.32. The van der Waals surface area contributed by atoms with E-state index in [4.69, 9.17) is 17.3 Å². The number of fused-ring (bicyclic) bond motifs is 1. The highest BCUT2D eigenvalue weighted by molar-refractivity contribution is 6.35. The van der Waals surface area contributed by atoms with Crippen LogP contribution >= 0.6 is 11.6 Å². The predicted molar refractivity (Wildman–Crippen MR) is 71.6 cm³/mol. The smallest absolute Gasteiger partial charge is 0.0950 e. The number of halogens is 1. The van der Waals surface area contributed by atoms with Gasteiger partial charge in [-0.05, 0) is 30.7 Å². The second-order valence-corrected chi connectivity index (χ2v) is 4.87. The Morgan fingerprint density at radius 3 is 3.00 bits per heavy atom. The van der Waals surface area contributed by atoms with E-state index in [1.165, 1.54) is 0 Å². The summed E-state index contributed by atoms with van der Waals surface area (Å²) in [6.07, 6.45) is 2.84. The van der Waals surface area contributed by atoms with Gasteiger partial charge in [-0.15, -0.1) is 0 Å². The molecule has 1 unspecified atom stereocenters. The normalized spacial score (nSPS) is 20.1. The van der Waals surface area contributed by atoms with Crippen molar-refractivity contribution in [3.05, 3.63) is 35.5 Å². The van der Waals surface area contributed by atoms with E-state index in [-0.39, 0.29) is 6.04 Å². The quantitative estimate of drug-likeness (QED) is 0.842. The Kier molecular flexibility index (Phi) is 2.65. The molecule has 3 rings (SSSR count). The van der Waals surface area contributed by atoms with Crippen LogP contribution in [0.2, 0.25) is 5.02 Å². The molecule has 4 heteroatoms. The van der Waals surface area contributed by atoms with Crippen molar-refractivity contribution in [1.29, 1.82) is 0 Å². The minimum Gasteiger partial charge on any atom is -0.368 e. The fourth-order valence-corrected chi connectivity index (χ4v) is 2.60. The van der Waals surface area contributed by atoms with Crippen molar-refractivity contribution in [2.45, 2.75) is 12.5 Å². The van der Waals surface area contributed by atoms with E-state index >= 15 is 0 Å². The molecule has 88 valence electrons. The van der Waals surface area contributed by atoms with Crippen molar-refractivity contribution in [3.8, 4) is 0 Å². The van der Waals surface area contributed by atoms with Gasteiger partial charge in [-0.25, -0.2) is 0 Å². The molecule has 1 aliphatic heterocycles. The molecule has 1 atom stereocenters. The third-order valence-electron chi connectivity index (χ3n) is 3.26. The molecule has 1 aromatic heterocycles. The molecule has 1 saturated heterocycles. The number of benzene rings is 1. The fraction of sp³-hybridized carbons (Fsp3) is 0.308. The van der Waals surface area contributed by atoms with Crippen molar-refractivity contribution < 1.29 is 0 Å². The second-order valence-electron chi connectivity index (χ2n) is 4.46. The van der Waals surface area contributed by atoms with Gasteiger partial charge >= 0.3 is 0 Å². The lowest BCUT2D eigenvalue weighted by Gasteiger charge is -2.19.